The molecule has 0 aliphatic heterocycles. The summed E-state index contributed by atoms with van der Waals surface area (Å²) in [7, 11) is 0.347. The van der Waals surface area contributed by atoms with Gasteiger partial charge in [-0.1, -0.05) is 54.6 Å². The largest absolute Gasteiger partial charge is 1.00 e. The second kappa shape index (κ2) is 13.1. The average Bonchev–Trinajstić information content (AvgIpc) is 2.71. The van der Waals surface area contributed by atoms with Gasteiger partial charge in [0.25, 0.3) is 0 Å². The van der Waals surface area contributed by atoms with Crippen LogP contribution in [0.2, 0.25) is 0 Å². The van der Waals surface area contributed by atoms with Gasteiger partial charge in [-0.3, -0.25) is 4.79 Å². The van der Waals surface area contributed by atoms with Gasteiger partial charge in [-0.2, -0.15) is 0 Å². The Balaban J connectivity index is 0.000000376. The van der Waals surface area contributed by atoms with E-state index in [0.717, 1.165) is 6.42 Å². The van der Waals surface area contributed by atoms with Crippen LogP contribution in [0.4, 0.5) is 0 Å². The molecule has 28 heavy (non-hydrogen) atoms. The van der Waals surface area contributed by atoms with Gasteiger partial charge in [0, 0.05) is 5.78 Å². The number of ketones is 1. The molecule has 0 atom stereocenters. The number of carbonyl (C=O) groups excluding carboxylic acids is 2. The van der Waals surface area contributed by atoms with Crippen molar-refractivity contribution < 1.29 is 36.7 Å². The minimum Gasteiger partial charge on any atom is -0.491 e. The number of hydrogen-bond donors (Lipinski definition) is 0. The molecular weight excluding hydrogens is 552 g/mol. The summed E-state index contributed by atoms with van der Waals surface area (Å²) in [4.78, 5) is 20.2. The zero-order valence-electron chi connectivity index (χ0n) is 15.8. The summed E-state index contributed by atoms with van der Waals surface area (Å²) >= 11 is 0. The maximum Gasteiger partial charge on any atom is 1.00 e. The molecule has 5 heteroatoms. The van der Waals surface area contributed by atoms with Crippen molar-refractivity contribution in [2.24, 2.45) is 0 Å². The summed E-state index contributed by atoms with van der Waals surface area (Å²) in [6.07, 6.45) is 0.889. The van der Waals surface area contributed by atoms with E-state index in [4.69, 9.17) is 0 Å². The third-order valence-corrected chi connectivity index (χ3v) is 6.44. The monoisotopic (exact) mass is 575 g/mol. The molecule has 0 heterocycles. The third-order valence-electron chi connectivity index (χ3n) is 3.71. The Morgan fingerprint density at radius 1 is 0.714 bits per heavy atom. The first-order valence-electron chi connectivity index (χ1n) is 8.58. The maximum atomic E-state index is 10.1. The molecule has 0 aromatic heterocycles. The number of methoxy groups -OCH3 is 1. The average molecular weight is 575 g/mol. The van der Waals surface area contributed by atoms with Crippen LogP contribution >= 0.6 is 7.92 Å². The van der Waals surface area contributed by atoms with Gasteiger partial charge in [0.05, 0.1) is 15.0 Å². The number of ether oxygens (including phenoxy) is 1. The zero-order chi connectivity index (χ0) is 19.5. The van der Waals surface area contributed by atoms with Crippen LogP contribution in [-0.2, 0) is 36.7 Å². The summed E-state index contributed by atoms with van der Waals surface area (Å²) < 4.78 is 4.15. The molecule has 0 bridgehead atoms. The molecule has 0 N–H and O–H groups in total. The van der Waals surface area contributed by atoms with Crippen LogP contribution in [0.1, 0.15) is 6.92 Å². The number of carbonyl (C=O) groups is 2. The van der Waals surface area contributed by atoms with E-state index < -0.39 is 13.9 Å². The summed E-state index contributed by atoms with van der Waals surface area (Å²) in [5, 5.41) is 4.31. The second-order valence-electron chi connectivity index (χ2n) is 5.75. The van der Waals surface area contributed by atoms with Gasteiger partial charge in [0.1, 0.15) is 15.9 Å². The number of esters is 1. The Kier molecular flexibility index (Phi) is 11.2. The molecule has 0 radical (unpaired) electrons. The summed E-state index contributed by atoms with van der Waals surface area (Å²) in [6.45, 7) is 1.29. The first kappa shape index (κ1) is 23.9. The Morgan fingerprint density at radius 3 is 1.25 bits per heavy atom. The molecule has 0 aliphatic rings. The van der Waals surface area contributed by atoms with Crippen molar-refractivity contribution in [1.29, 1.82) is 0 Å². The van der Waals surface area contributed by atoms with E-state index in [1.54, 1.807) is 0 Å². The molecule has 0 fully saturated rings. The molecule has 0 aliphatic carbocycles. The van der Waals surface area contributed by atoms with E-state index in [2.05, 4.69) is 95.7 Å². The van der Waals surface area contributed by atoms with Crippen molar-refractivity contribution in [1.82, 2.24) is 0 Å². The standard InChI is InChI=1S/C18H15P.C5H7O3.Au/c1-4-10-16(11-5-1)19(17-12-6-2-7-13-17)18-14-8-3-9-15-18;1-4(6)3-5(7)8-2;/h1-15H;3H,1-2H3;/q;-1;+1/p+1. The predicted octanol–water partition coefficient (Wildman–Crippen LogP) is 3.13. The van der Waals surface area contributed by atoms with Gasteiger partial charge in [-0.15, -0.1) is 0 Å². The van der Waals surface area contributed by atoms with Crippen LogP contribution in [0.3, 0.4) is 0 Å². The number of rotatable bonds is 5. The fourth-order valence-electron chi connectivity index (χ4n) is 2.54. The first-order valence-corrected chi connectivity index (χ1v) is 10.1. The Labute approximate surface area is 183 Å². The van der Waals surface area contributed by atoms with E-state index in [1.165, 1.54) is 29.9 Å². The molecule has 0 saturated carbocycles. The normalized spacial score (nSPS) is 9.39. The van der Waals surface area contributed by atoms with Gasteiger partial charge in [0.2, 0.25) is 0 Å². The van der Waals surface area contributed by atoms with Crippen LogP contribution in [0.15, 0.2) is 91.0 Å². The summed E-state index contributed by atoms with van der Waals surface area (Å²) in [6, 6.07) is 32.5. The zero-order valence-corrected chi connectivity index (χ0v) is 18.9. The molecule has 148 valence electrons. The molecule has 0 saturated heterocycles. The van der Waals surface area contributed by atoms with Crippen LogP contribution < -0.4 is 15.9 Å². The fraction of sp³-hybridized carbons (Fsp3) is 0.0870. The van der Waals surface area contributed by atoms with Gasteiger partial charge < -0.3 is 9.53 Å². The van der Waals surface area contributed by atoms with Crippen molar-refractivity contribution in [3.8, 4) is 0 Å². The van der Waals surface area contributed by atoms with Crippen LogP contribution in [-0.4, -0.2) is 18.9 Å². The summed E-state index contributed by atoms with van der Waals surface area (Å²) in [5.74, 6) is -0.894. The number of Topliss-reactive ketones (excluding diaryl/α,β-unsaturated/α-hetero) is 1. The smallest absolute Gasteiger partial charge is 0.491 e. The summed E-state index contributed by atoms with van der Waals surface area (Å²) in [5.41, 5.74) is 0. The van der Waals surface area contributed by atoms with E-state index in [1.807, 2.05) is 0 Å². The van der Waals surface area contributed by atoms with Crippen molar-refractivity contribution in [3.05, 3.63) is 97.4 Å². The molecule has 3 rings (SSSR count). The van der Waals surface area contributed by atoms with E-state index >= 15 is 0 Å². The fourth-order valence-corrected chi connectivity index (χ4v) is 5.12. The Hall–Kier alpha value is -2.16. The van der Waals surface area contributed by atoms with Gasteiger partial charge in [-0.05, 0) is 43.3 Å². The molecule has 0 unspecified atom stereocenters. The Bertz CT molecular complexity index is 746. The van der Waals surface area contributed by atoms with Gasteiger partial charge in [-0.25, -0.2) is 6.42 Å². The van der Waals surface area contributed by atoms with E-state index in [-0.39, 0.29) is 28.2 Å². The van der Waals surface area contributed by atoms with Crippen LogP contribution in [0.5, 0.6) is 0 Å². The second-order valence-corrected chi connectivity index (χ2v) is 8.23. The molecule has 3 aromatic carbocycles. The van der Waals surface area contributed by atoms with Crippen LogP contribution in [0, 0.1) is 6.42 Å². The molecule has 3 aromatic rings. The number of hydrogen-bond acceptors (Lipinski definition) is 3. The quantitative estimate of drug-likeness (QED) is 0.155. The topological polar surface area (TPSA) is 43.4 Å². The van der Waals surface area contributed by atoms with Crippen molar-refractivity contribution >= 4 is 35.6 Å². The van der Waals surface area contributed by atoms with Crippen LogP contribution in [0.25, 0.3) is 0 Å². The van der Waals surface area contributed by atoms with Crippen molar-refractivity contribution in [2.75, 3.05) is 7.11 Å². The molecule has 3 nitrogen and oxygen atoms in total. The first-order chi connectivity index (χ1) is 13.1. The van der Waals surface area contributed by atoms with Crippen molar-refractivity contribution in [2.45, 2.75) is 6.92 Å². The minimum absolute atomic E-state index is 0. The number of benzene rings is 3. The SMILES string of the molecule is COC(=O)[CH-]C(C)=O.[Au+].c1ccc([PH+](c2ccccc2)c2ccccc2)cc1. The minimum atomic E-state index is -0.877. The predicted molar refractivity (Wildman–Crippen MR) is 114 cm³/mol. The van der Waals surface area contributed by atoms with E-state index in [9.17, 15) is 9.59 Å². The van der Waals surface area contributed by atoms with E-state index in [0.29, 0.717) is 0 Å². The Morgan fingerprint density at radius 2 is 1.04 bits per heavy atom. The van der Waals surface area contributed by atoms with Gasteiger partial charge >= 0.3 is 22.4 Å². The molecular formula is C23H23AuO3P+. The van der Waals surface area contributed by atoms with Gasteiger partial charge in [0.15, 0.2) is 5.97 Å². The third kappa shape index (κ3) is 7.84. The molecule has 0 amide bonds. The maximum absolute atomic E-state index is 10.1. The molecule has 0 spiro atoms. The van der Waals surface area contributed by atoms with Crippen molar-refractivity contribution in [3.63, 3.8) is 0 Å².